The lowest BCUT2D eigenvalue weighted by molar-refractivity contribution is -0.152. The van der Waals surface area contributed by atoms with Gasteiger partial charge in [-0.05, 0) is 72.8 Å². The quantitative estimate of drug-likeness (QED) is 0.756. The Morgan fingerprint density at radius 3 is 2.83 bits per heavy atom. The first kappa shape index (κ1) is 15.7. The molecule has 3 heteroatoms. The number of benzene rings is 1. The molecular formula is C21H26O3. The molecule has 1 saturated carbocycles. The second-order valence-corrected chi connectivity index (χ2v) is 7.82. The van der Waals surface area contributed by atoms with E-state index in [0.717, 1.165) is 25.0 Å². The standard InChI is InChI=1S/C21H26O3/c1-13(22)24-20-9-8-19-18-6-4-14-12-15(23-3)5-7-16(14)17(18)10-11-21(19,20)2/h5,7,10,12,18-20H,4,6,8-9,11H2,1-3H3/t18-,19+,20+,21+/m1/s1. The highest BCUT2D eigenvalue weighted by Crippen LogP contribution is 2.59. The minimum Gasteiger partial charge on any atom is -0.497 e. The molecule has 0 saturated heterocycles. The molecule has 0 N–H and O–H groups in total. The molecule has 4 atom stereocenters. The van der Waals surface area contributed by atoms with Crippen molar-refractivity contribution in [1.82, 2.24) is 0 Å². The van der Waals surface area contributed by atoms with E-state index in [1.165, 1.54) is 36.5 Å². The maximum Gasteiger partial charge on any atom is 0.302 e. The van der Waals surface area contributed by atoms with Crippen LogP contribution in [0.25, 0.3) is 5.57 Å². The van der Waals surface area contributed by atoms with Crippen LogP contribution in [0.3, 0.4) is 0 Å². The van der Waals surface area contributed by atoms with Crippen molar-refractivity contribution in [1.29, 1.82) is 0 Å². The summed E-state index contributed by atoms with van der Waals surface area (Å²) in [5.41, 5.74) is 4.44. The number of fused-ring (bicyclic) bond motifs is 5. The molecule has 4 rings (SSSR count). The van der Waals surface area contributed by atoms with Gasteiger partial charge >= 0.3 is 5.97 Å². The lowest BCUT2D eigenvalue weighted by Crippen LogP contribution is -2.41. The van der Waals surface area contributed by atoms with Gasteiger partial charge in [-0.25, -0.2) is 0 Å². The molecule has 0 amide bonds. The van der Waals surface area contributed by atoms with Crippen molar-refractivity contribution >= 4 is 11.5 Å². The summed E-state index contributed by atoms with van der Waals surface area (Å²) in [6.45, 7) is 3.86. The molecule has 0 radical (unpaired) electrons. The summed E-state index contributed by atoms with van der Waals surface area (Å²) in [6.07, 6.45) is 7.99. The van der Waals surface area contributed by atoms with Gasteiger partial charge in [0.05, 0.1) is 7.11 Å². The van der Waals surface area contributed by atoms with Gasteiger partial charge in [-0.3, -0.25) is 4.79 Å². The minimum atomic E-state index is -0.141. The van der Waals surface area contributed by atoms with Gasteiger partial charge in [0, 0.05) is 12.3 Å². The average Bonchev–Trinajstić information content (AvgIpc) is 2.90. The number of methoxy groups -OCH3 is 1. The summed E-state index contributed by atoms with van der Waals surface area (Å²) < 4.78 is 11.1. The van der Waals surface area contributed by atoms with E-state index in [-0.39, 0.29) is 17.5 Å². The fourth-order valence-corrected chi connectivity index (χ4v) is 5.43. The molecule has 3 nitrogen and oxygen atoms in total. The Morgan fingerprint density at radius 1 is 1.25 bits per heavy atom. The van der Waals surface area contributed by atoms with Crippen molar-refractivity contribution in [3.63, 3.8) is 0 Å². The highest BCUT2D eigenvalue weighted by Gasteiger charge is 2.53. The van der Waals surface area contributed by atoms with Crippen molar-refractivity contribution in [2.45, 2.75) is 52.1 Å². The summed E-state index contributed by atoms with van der Waals surface area (Å²) in [5.74, 6) is 2.03. The zero-order valence-corrected chi connectivity index (χ0v) is 14.8. The number of allylic oxidation sites excluding steroid dienone is 2. The molecule has 0 aliphatic heterocycles. The van der Waals surface area contributed by atoms with Gasteiger partial charge in [-0.1, -0.05) is 19.1 Å². The Labute approximate surface area is 144 Å². The van der Waals surface area contributed by atoms with Crippen molar-refractivity contribution in [2.24, 2.45) is 17.3 Å². The molecule has 1 fully saturated rings. The second kappa shape index (κ2) is 5.65. The van der Waals surface area contributed by atoms with E-state index in [2.05, 4.69) is 31.2 Å². The van der Waals surface area contributed by atoms with Crippen LogP contribution in [0.15, 0.2) is 24.3 Å². The maximum absolute atomic E-state index is 11.5. The van der Waals surface area contributed by atoms with Gasteiger partial charge in [0.2, 0.25) is 0 Å². The van der Waals surface area contributed by atoms with E-state index in [0.29, 0.717) is 11.8 Å². The van der Waals surface area contributed by atoms with Gasteiger partial charge in [-0.2, -0.15) is 0 Å². The number of esters is 1. The Hall–Kier alpha value is -1.77. The molecule has 0 bridgehead atoms. The van der Waals surface area contributed by atoms with Crippen LogP contribution in [0.4, 0.5) is 0 Å². The van der Waals surface area contributed by atoms with E-state index in [9.17, 15) is 4.79 Å². The van der Waals surface area contributed by atoms with Crippen LogP contribution in [0, 0.1) is 17.3 Å². The molecule has 0 aromatic heterocycles. The number of hydrogen-bond acceptors (Lipinski definition) is 3. The molecule has 3 aliphatic carbocycles. The Balaban J connectivity index is 1.68. The number of aryl methyl sites for hydroxylation is 1. The first-order chi connectivity index (χ1) is 11.5. The van der Waals surface area contributed by atoms with Gasteiger partial charge in [0.15, 0.2) is 0 Å². The third-order valence-corrected chi connectivity index (χ3v) is 6.63. The first-order valence-corrected chi connectivity index (χ1v) is 9.07. The van der Waals surface area contributed by atoms with Gasteiger partial charge < -0.3 is 9.47 Å². The molecule has 0 spiro atoms. The number of hydrogen-bond donors (Lipinski definition) is 0. The van der Waals surface area contributed by atoms with Crippen LogP contribution in [0.1, 0.15) is 50.7 Å². The third kappa shape index (κ3) is 2.28. The zero-order valence-electron chi connectivity index (χ0n) is 14.8. The fraction of sp³-hybridized carbons (Fsp3) is 0.571. The highest BCUT2D eigenvalue weighted by molar-refractivity contribution is 5.74. The number of carbonyl (C=O) groups excluding carboxylic acids is 1. The largest absolute Gasteiger partial charge is 0.497 e. The van der Waals surface area contributed by atoms with Gasteiger partial charge in [0.1, 0.15) is 11.9 Å². The van der Waals surface area contributed by atoms with E-state index in [1.807, 2.05) is 0 Å². The van der Waals surface area contributed by atoms with Crippen LogP contribution in [-0.4, -0.2) is 19.2 Å². The zero-order chi connectivity index (χ0) is 16.9. The fourth-order valence-electron chi connectivity index (χ4n) is 5.43. The van der Waals surface area contributed by atoms with Crippen LogP contribution >= 0.6 is 0 Å². The number of rotatable bonds is 2. The van der Waals surface area contributed by atoms with Crippen molar-refractivity contribution < 1.29 is 14.3 Å². The number of ether oxygens (including phenoxy) is 2. The van der Waals surface area contributed by atoms with Gasteiger partial charge in [-0.15, -0.1) is 0 Å². The van der Waals surface area contributed by atoms with E-state index in [4.69, 9.17) is 9.47 Å². The minimum absolute atomic E-state index is 0.0788. The highest BCUT2D eigenvalue weighted by atomic mass is 16.5. The summed E-state index contributed by atoms with van der Waals surface area (Å²) in [7, 11) is 1.73. The molecule has 0 heterocycles. The average molecular weight is 326 g/mol. The summed E-state index contributed by atoms with van der Waals surface area (Å²) in [5, 5.41) is 0. The maximum atomic E-state index is 11.5. The molecule has 24 heavy (non-hydrogen) atoms. The van der Waals surface area contributed by atoms with E-state index in [1.54, 1.807) is 7.11 Å². The molecule has 3 aliphatic rings. The smallest absolute Gasteiger partial charge is 0.302 e. The van der Waals surface area contributed by atoms with Crippen LogP contribution in [0.2, 0.25) is 0 Å². The van der Waals surface area contributed by atoms with Crippen LogP contribution in [-0.2, 0) is 16.0 Å². The lowest BCUT2D eigenvalue weighted by atomic mass is 9.60. The number of carbonyl (C=O) groups is 1. The summed E-state index contributed by atoms with van der Waals surface area (Å²) >= 11 is 0. The van der Waals surface area contributed by atoms with Crippen LogP contribution < -0.4 is 4.74 Å². The topological polar surface area (TPSA) is 35.5 Å². The molecule has 0 unspecified atom stereocenters. The predicted octanol–water partition coefficient (Wildman–Crippen LogP) is 4.39. The molecular weight excluding hydrogens is 300 g/mol. The monoisotopic (exact) mass is 326 g/mol. The lowest BCUT2D eigenvalue weighted by Gasteiger charge is -2.46. The van der Waals surface area contributed by atoms with Crippen molar-refractivity contribution in [2.75, 3.05) is 7.11 Å². The normalized spacial score (nSPS) is 33.8. The third-order valence-electron chi connectivity index (χ3n) is 6.63. The SMILES string of the molecule is COc1ccc2c(c1)CC[C@@H]1C2=CC[C@]2(C)[C@@H](OC(C)=O)CC[C@@H]12. The van der Waals surface area contributed by atoms with Crippen molar-refractivity contribution in [3.8, 4) is 5.75 Å². The molecule has 1 aromatic rings. The molecule has 1 aromatic carbocycles. The van der Waals surface area contributed by atoms with Crippen LogP contribution in [0.5, 0.6) is 5.75 Å². The van der Waals surface area contributed by atoms with Crippen molar-refractivity contribution in [3.05, 3.63) is 35.4 Å². The summed E-state index contributed by atoms with van der Waals surface area (Å²) in [4.78, 5) is 11.5. The predicted molar refractivity (Wildman–Crippen MR) is 93.8 cm³/mol. The Morgan fingerprint density at radius 2 is 2.08 bits per heavy atom. The van der Waals surface area contributed by atoms with E-state index < -0.39 is 0 Å². The van der Waals surface area contributed by atoms with Gasteiger partial charge in [0.25, 0.3) is 0 Å². The second-order valence-electron chi connectivity index (χ2n) is 7.82. The Kier molecular flexibility index (Phi) is 3.70. The summed E-state index contributed by atoms with van der Waals surface area (Å²) in [6, 6.07) is 6.50. The Bertz CT molecular complexity index is 705. The first-order valence-electron chi connectivity index (χ1n) is 9.07. The van der Waals surface area contributed by atoms with E-state index >= 15 is 0 Å². The molecule has 128 valence electrons.